The van der Waals surface area contributed by atoms with E-state index < -0.39 is 0 Å². The van der Waals surface area contributed by atoms with E-state index in [2.05, 4.69) is 5.32 Å². The van der Waals surface area contributed by atoms with Crippen LogP contribution in [0.1, 0.15) is 30.0 Å². The molecule has 1 aliphatic rings. The Labute approximate surface area is 84.3 Å². The number of nitrogens with one attached hydrogen (secondary N) is 1. The highest BCUT2D eigenvalue weighted by Gasteiger charge is 2.31. The van der Waals surface area contributed by atoms with Crippen LogP contribution < -0.4 is 5.32 Å². The predicted octanol–water partition coefficient (Wildman–Crippen LogP) is 2.80. The van der Waals surface area contributed by atoms with Gasteiger partial charge in [-0.3, -0.25) is 0 Å². The topological polar surface area (TPSA) is 12.0 Å². The van der Waals surface area contributed by atoms with Gasteiger partial charge in [-0.05, 0) is 49.9 Å². The van der Waals surface area contributed by atoms with Gasteiger partial charge in [-0.1, -0.05) is 12.1 Å². The summed E-state index contributed by atoms with van der Waals surface area (Å²) in [6.07, 6.45) is 2.59. The molecule has 0 bridgehead atoms. The Kier molecular flexibility index (Phi) is 2.55. The molecule has 1 aliphatic carbocycles. The predicted molar refractivity (Wildman–Crippen MR) is 55.7 cm³/mol. The second-order valence-electron chi connectivity index (χ2n) is 4.11. The van der Waals surface area contributed by atoms with Crippen LogP contribution in [0.3, 0.4) is 0 Å². The molecular formula is C12H16FN. The van der Waals surface area contributed by atoms with E-state index in [9.17, 15) is 4.39 Å². The molecule has 2 heteroatoms. The van der Waals surface area contributed by atoms with Crippen LogP contribution in [0.5, 0.6) is 0 Å². The number of hydrogen-bond donors (Lipinski definition) is 1. The second-order valence-corrected chi connectivity index (χ2v) is 4.11. The summed E-state index contributed by atoms with van der Waals surface area (Å²) < 4.78 is 13.1. The second kappa shape index (κ2) is 3.70. The fourth-order valence-electron chi connectivity index (χ4n) is 1.97. The zero-order valence-electron chi connectivity index (χ0n) is 8.68. The van der Waals surface area contributed by atoms with Crippen LogP contribution in [0.2, 0.25) is 0 Å². The maximum atomic E-state index is 13.1. The largest absolute Gasteiger partial charge is 0.313 e. The summed E-state index contributed by atoms with van der Waals surface area (Å²) in [5.74, 6) is 0.643. The lowest BCUT2D eigenvalue weighted by molar-refractivity contribution is 0.526. The molecule has 1 saturated carbocycles. The highest BCUT2D eigenvalue weighted by molar-refractivity contribution is 5.27. The van der Waals surface area contributed by atoms with Gasteiger partial charge >= 0.3 is 0 Å². The minimum atomic E-state index is -0.112. The zero-order valence-corrected chi connectivity index (χ0v) is 8.68. The molecule has 1 nitrogen and oxygen atoms in total. The molecule has 1 N–H and O–H groups in total. The molecule has 2 rings (SSSR count). The van der Waals surface area contributed by atoms with Crippen molar-refractivity contribution < 1.29 is 4.39 Å². The average Bonchev–Trinajstić information content (AvgIpc) is 2.96. The van der Waals surface area contributed by atoms with E-state index in [0.717, 1.165) is 11.5 Å². The highest BCUT2D eigenvalue weighted by Crippen LogP contribution is 2.40. The lowest BCUT2D eigenvalue weighted by atomic mass is 10.0. The third-order valence-corrected chi connectivity index (χ3v) is 2.95. The van der Waals surface area contributed by atoms with E-state index in [4.69, 9.17) is 0 Å². The molecule has 0 aliphatic heterocycles. The molecule has 1 aromatic rings. The molecule has 0 heterocycles. The van der Waals surface area contributed by atoms with Gasteiger partial charge < -0.3 is 5.32 Å². The van der Waals surface area contributed by atoms with Crippen LogP contribution in [0, 0.1) is 18.7 Å². The average molecular weight is 193 g/mol. The summed E-state index contributed by atoms with van der Waals surface area (Å²) >= 11 is 0. The summed E-state index contributed by atoms with van der Waals surface area (Å²) in [5, 5.41) is 3.30. The fraction of sp³-hybridized carbons (Fsp3) is 0.500. The summed E-state index contributed by atoms with van der Waals surface area (Å²) in [6.45, 7) is 1.82. The maximum absolute atomic E-state index is 13.1. The van der Waals surface area contributed by atoms with Gasteiger partial charge in [-0.25, -0.2) is 4.39 Å². The molecule has 0 spiro atoms. The highest BCUT2D eigenvalue weighted by atomic mass is 19.1. The van der Waals surface area contributed by atoms with E-state index in [1.807, 2.05) is 26.1 Å². The fourth-order valence-corrected chi connectivity index (χ4v) is 1.97. The van der Waals surface area contributed by atoms with Gasteiger partial charge in [0.15, 0.2) is 0 Å². The van der Waals surface area contributed by atoms with Crippen LogP contribution in [0.4, 0.5) is 4.39 Å². The van der Waals surface area contributed by atoms with E-state index in [1.165, 1.54) is 18.4 Å². The van der Waals surface area contributed by atoms with Crippen molar-refractivity contribution in [1.82, 2.24) is 5.32 Å². The minimum absolute atomic E-state index is 0.112. The van der Waals surface area contributed by atoms with Crippen LogP contribution in [-0.4, -0.2) is 7.05 Å². The molecule has 76 valence electrons. The third-order valence-electron chi connectivity index (χ3n) is 2.95. The quantitative estimate of drug-likeness (QED) is 0.778. The Morgan fingerprint density at radius 3 is 2.64 bits per heavy atom. The smallest absolute Gasteiger partial charge is 0.126 e. The SMILES string of the molecule is CNC(c1ccc(F)c(C)c1)C1CC1. The van der Waals surface area contributed by atoms with E-state index in [0.29, 0.717) is 6.04 Å². The minimum Gasteiger partial charge on any atom is -0.313 e. The molecule has 1 unspecified atom stereocenters. The van der Waals surface area contributed by atoms with E-state index in [1.54, 1.807) is 6.07 Å². The van der Waals surface area contributed by atoms with Crippen molar-refractivity contribution in [2.45, 2.75) is 25.8 Å². The molecule has 14 heavy (non-hydrogen) atoms. The van der Waals surface area contributed by atoms with Crippen LogP contribution in [-0.2, 0) is 0 Å². The molecule has 0 radical (unpaired) electrons. The molecule has 1 atom stereocenters. The molecule has 1 aromatic carbocycles. The Morgan fingerprint density at radius 2 is 2.14 bits per heavy atom. The first kappa shape index (κ1) is 9.66. The molecule has 0 saturated heterocycles. The Hall–Kier alpha value is -0.890. The summed E-state index contributed by atoms with van der Waals surface area (Å²) in [7, 11) is 1.97. The number of rotatable bonds is 3. The summed E-state index contributed by atoms with van der Waals surface area (Å²) in [6, 6.07) is 5.82. The van der Waals surface area contributed by atoms with Crippen molar-refractivity contribution >= 4 is 0 Å². The first-order valence-corrected chi connectivity index (χ1v) is 5.15. The molecule has 0 amide bonds. The number of halogens is 1. The van der Waals surface area contributed by atoms with Crippen molar-refractivity contribution in [2.75, 3.05) is 7.05 Å². The number of aryl methyl sites for hydroxylation is 1. The van der Waals surface area contributed by atoms with Crippen molar-refractivity contribution in [2.24, 2.45) is 5.92 Å². The summed E-state index contributed by atoms with van der Waals surface area (Å²) in [5.41, 5.74) is 1.96. The third kappa shape index (κ3) is 1.80. The van der Waals surface area contributed by atoms with Gasteiger partial charge in [0.05, 0.1) is 0 Å². The van der Waals surface area contributed by atoms with Gasteiger partial charge in [0.2, 0.25) is 0 Å². The van der Waals surface area contributed by atoms with Gasteiger partial charge in [0, 0.05) is 6.04 Å². The Balaban J connectivity index is 2.25. The first-order chi connectivity index (χ1) is 6.72. The van der Waals surface area contributed by atoms with Crippen molar-refractivity contribution in [3.63, 3.8) is 0 Å². The monoisotopic (exact) mass is 193 g/mol. The number of benzene rings is 1. The lowest BCUT2D eigenvalue weighted by Crippen LogP contribution is -2.18. The first-order valence-electron chi connectivity index (χ1n) is 5.15. The van der Waals surface area contributed by atoms with Gasteiger partial charge in [0.25, 0.3) is 0 Å². The summed E-state index contributed by atoms with van der Waals surface area (Å²) in [4.78, 5) is 0. The zero-order chi connectivity index (χ0) is 10.1. The Bertz CT molecular complexity index is 331. The van der Waals surface area contributed by atoms with Crippen LogP contribution in [0.25, 0.3) is 0 Å². The molecule has 1 fully saturated rings. The normalized spacial score (nSPS) is 18.2. The van der Waals surface area contributed by atoms with Crippen LogP contribution >= 0.6 is 0 Å². The van der Waals surface area contributed by atoms with E-state index >= 15 is 0 Å². The Morgan fingerprint density at radius 1 is 1.43 bits per heavy atom. The van der Waals surface area contributed by atoms with Crippen LogP contribution in [0.15, 0.2) is 18.2 Å². The molecular weight excluding hydrogens is 177 g/mol. The van der Waals surface area contributed by atoms with Gasteiger partial charge in [0.1, 0.15) is 5.82 Å². The van der Waals surface area contributed by atoms with E-state index in [-0.39, 0.29) is 5.82 Å². The standard InChI is InChI=1S/C12H16FN/c1-8-7-10(5-6-11(8)13)12(14-2)9-3-4-9/h5-7,9,12,14H,3-4H2,1-2H3. The number of hydrogen-bond acceptors (Lipinski definition) is 1. The van der Waals surface area contributed by atoms with Gasteiger partial charge in [-0.2, -0.15) is 0 Å². The molecule has 0 aromatic heterocycles. The van der Waals surface area contributed by atoms with Crippen molar-refractivity contribution in [1.29, 1.82) is 0 Å². The lowest BCUT2D eigenvalue weighted by Gasteiger charge is -2.16. The van der Waals surface area contributed by atoms with Gasteiger partial charge in [-0.15, -0.1) is 0 Å². The van der Waals surface area contributed by atoms with Crippen molar-refractivity contribution in [3.8, 4) is 0 Å². The van der Waals surface area contributed by atoms with Crippen molar-refractivity contribution in [3.05, 3.63) is 35.1 Å². The maximum Gasteiger partial charge on any atom is 0.126 e.